The summed E-state index contributed by atoms with van der Waals surface area (Å²) >= 11 is 0. The van der Waals surface area contributed by atoms with E-state index in [1.807, 2.05) is 13.8 Å². The van der Waals surface area contributed by atoms with E-state index in [2.05, 4.69) is 5.32 Å². The molecule has 0 spiro atoms. The van der Waals surface area contributed by atoms with Gasteiger partial charge in [0, 0.05) is 17.5 Å². The number of rotatable bonds is 3. The Bertz CT molecular complexity index is 410. The summed E-state index contributed by atoms with van der Waals surface area (Å²) in [4.78, 5) is 10.6. The number of aromatic carboxylic acids is 1. The van der Waals surface area contributed by atoms with Gasteiger partial charge in [0.1, 0.15) is 0 Å². The van der Waals surface area contributed by atoms with Crippen molar-refractivity contribution in [3.8, 4) is 0 Å². The number of hydrogen-bond acceptors (Lipinski definition) is 4. The van der Waals surface area contributed by atoms with Crippen LogP contribution in [0, 0.1) is 5.41 Å². The third-order valence-corrected chi connectivity index (χ3v) is 3.35. The van der Waals surface area contributed by atoms with Gasteiger partial charge in [-0.05, 0) is 12.5 Å². The van der Waals surface area contributed by atoms with Crippen molar-refractivity contribution in [2.45, 2.75) is 32.4 Å². The minimum absolute atomic E-state index is 0.0832. The summed E-state index contributed by atoms with van der Waals surface area (Å²) in [6, 6.07) is 3.10. The number of furan rings is 1. The lowest BCUT2D eigenvalue weighted by atomic mass is 9.64. The summed E-state index contributed by atoms with van der Waals surface area (Å²) < 4.78 is 5.09. The van der Waals surface area contributed by atoms with E-state index in [1.165, 1.54) is 6.07 Å². The molecule has 16 heavy (non-hydrogen) atoms. The number of hydrogen-bond donors (Lipinski definition) is 3. The minimum atomic E-state index is -1.08. The Labute approximate surface area is 93.1 Å². The van der Waals surface area contributed by atoms with Crippen molar-refractivity contribution in [3.05, 3.63) is 17.9 Å². The van der Waals surface area contributed by atoms with E-state index < -0.39 is 5.97 Å². The second-order valence-electron chi connectivity index (χ2n) is 4.74. The molecule has 0 amide bonds. The minimum Gasteiger partial charge on any atom is -0.475 e. The first-order valence-electron chi connectivity index (χ1n) is 5.19. The number of aliphatic hydroxyl groups excluding tert-OH is 1. The van der Waals surface area contributed by atoms with Crippen LogP contribution in [-0.4, -0.2) is 28.3 Å². The van der Waals surface area contributed by atoms with Crippen molar-refractivity contribution >= 4 is 11.9 Å². The SMILES string of the molecule is CC1(C)C(O)CC1Nc1ccc(C(=O)O)o1. The fraction of sp³-hybridized carbons (Fsp3) is 0.545. The first kappa shape index (κ1) is 11.0. The molecule has 0 saturated heterocycles. The number of anilines is 1. The second kappa shape index (κ2) is 3.52. The molecule has 3 N–H and O–H groups in total. The van der Waals surface area contributed by atoms with Gasteiger partial charge in [-0.3, -0.25) is 0 Å². The first-order valence-corrected chi connectivity index (χ1v) is 5.19. The van der Waals surface area contributed by atoms with Crippen molar-refractivity contribution in [1.29, 1.82) is 0 Å². The summed E-state index contributed by atoms with van der Waals surface area (Å²) in [6.45, 7) is 3.92. The lowest BCUT2D eigenvalue weighted by Gasteiger charge is -2.49. The van der Waals surface area contributed by atoms with Crippen LogP contribution >= 0.6 is 0 Å². The van der Waals surface area contributed by atoms with Crippen LogP contribution in [0.25, 0.3) is 0 Å². The number of carbonyl (C=O) groups is 1. The molecule has 2 unspecified atom stereocenters. The van der Waals surface area contributed by atoms with Gasteiger partial charge in [-0.25, -0.2) is 4.79 Å². The molecule has 0 aliphatic heterocycles. The van der Waals surface area contributed by atoms with Crippen LogP contribution in [0.1, 0.15) is 30.8 Å². The maximum absolute atomic E-state index is 10.6. The predicted molar refractivity (Wildman–Crippen MR) is 57.5 cm³/mol. The molecule has 1 fully saturated rings. The fourth-order valence-electron chi connectivity index (χ4n) is 1.85. The molecule has 5 heteroatoms. The summed E-state index contributed by atoms with van der Waals surface area (Å²) in [5, 5.41) is 21.3. The molecule has 88 valence electrons. The van der Waals surface area contributed by atoms with Crippen LogP contribution in [0.2, 0.25) is 0 Å². The molecular formula is C11H15NO4. The molecule has 2 rings (SSSR count). The highest BCUT2D eigenvalue weighted by atomic mass is 16.4. The smallest absolute Gasteiger partial charge is 0.371 e. The second-order valence-corrected chi connectivity index (χ2v) is 4.74. The maximum atomic E-state index is 10.6. The average molecular weight is 225 g/mol. The van der Waals surface area contributed by atoms with Gasteiger partial charge in [0.2, 0.25) is 5.76 Å². The molecule has 1 heterocycles. The Morgan fingerprint density at radius 1 is 1.56 bits per heavy atom. The number of carboxylic acids is 1. The van der Waals surface area contributed by atoms with Gasteiger partial charge in [0.15, 0.2) is 5.88 Å². The molecule has 1 saturated carbocycles. The van der Waals surface area contributed by atoms with Gasteiger partial charge in [-0.1, -0.05) is 13.8 Å². The van der Waals surface area contributed by atoms with Crippen molar-refractivity contribution in [2.24, 2.45) is 5.41 Å². The van der Waals surface area contributed by atoms with Crippen molar-refractivity contribution < 1.29 is 19.4 Å². The van der Waals surface area contributed by atoms with Gasteiger partial charge in [-0.15, -0.1) is 0 Å². The zero-order valence-electron chi connectivity index (χ0n) is 9.23. The number of nitrogens with one attached hydrogen (secondary N) is 1. The van der Waals surface area contributed by atoms with Crippen molar-refractivity contribution in [3.63, 3.8) is 0 Å². The van der Waals surface area contributed by atoms with E-state index in [0.29, 0.717) is 12.3 Å². The maximum Gasteiger partial charge on any atom is 0.371 e. The third-order valence-electron chi connectivity index (χ3n) is 3.35. The summed E-state index contributed by atoms with van der Waals surface area (Å²) in [5.74, 6) is -0.733. The molecule has 0 radical (unpaired) electrons. The Kier molecular flexibility index (Phi) is 2.42. The van der Waals surface area contributed by atoms with Gasteiger partial charge < -0.3 is 19.9 Å². The predicted octanol–water partition coefficient (Wildman–Crippen LogP) is 1.55. The van der Waals surface area contributed by atoms with Crippen LogP contribution in [0.4, 0.5) is 5.88 Å². The molecule has 1 aromatic heterocycles. The van der Waals surface area contributed by atoms with E-state index in [9.17, 15) is 9.90 Å². The summed E-state index contributed by atoms with van der Waals surface area (Å²) in [5.41, 5.74) is -0.212. The largest absolute Gasteiger partial charge is 0.475 e. The van der Waals surface area contributed by atoms with Crippen LogP contribution in [0.15, 0.2) is 16.5 Å². The first-order chi connectivity index (χ1) is 7.41. The lowest BCUT2D eigenvalue weighted by molar-refractivity contribution is -0.0516. The van der Waals surface area contributed by atoms with E-state index in [-0.39, 0.29) is 23.3 Å². The van der Waals surface area contributed by atoms with Crippen LogP contribution in [0.3, 0.4) is 0 Å². The van der Waals surface area contributed by atoms with Gasteiger partial charge in [-0.2, -0.15) is 0 Å². The fourth-order valence-corrected chi connectivity index (χ4v) is 1.85. The van der Waals surface area contributed by atoms with Gasteiger partial charge in [0.05, 0.1) is 6.10 Å². The van der Waals surface area contributed by atoms with Crippen LogP contribution in [-0.2, 0) is 0 Å². The van der Waals surface area contributed by atoms with Crippen molar-refractivity contribution in [1.82, 2.24) is 0 Å². The Morgan fingerprint density at radius 2 is 2.25 bits per heavy atom. The van der Waals surface area contributed by atoms with Crippen LogP contribution in [0.5, 0.6) is 0 Å². The third kappa shape index (κ3) is 1.67. The Balaban J connectivity index is 2.03. The normalized spacial score (nSPS) is 27.2. The summed E-state index contributed by atoms with van der Waals surface area (Å²) in [7, 11) is 0. The molecule has 1 aromatic rings. The molecule has 2 atom stereocenters. The monoisotopic (exact) mass is 225 g/mol. The topological polar surface area (TPSA) is 82.7 Å². The highest BCUT2D eigenvalue weighted by Gasteiger charge is 2.47. The molecule has 1 aliphatic rings. The quantitative estimate of drug-likeness (QED) is 0.727. The standard InChI is InChI=1S/C11H15NO4/c1-11(2)7(5-8(11)13)12-9-4-3-6(16-9)10(14)15/h3-4,7-8,12-13H,5H2,1-2H3,(H,14,15). The summed E-state index contributed by atoms with van der Waals surface area (Å²) in [6.07, 6.45) is 0.328. The van der Waals surface area contributed by atoms with E-state index in [4.69, 9.17) is 9.52 Å². The van der Waals surface area contributed by atoms with Gasteiger partial charge >= 0.3 is 5.97 Å². The zero-order chi connectivity index (χ0) is 11.9. The molecule has 1 aliphatic carbocycles. The Hall–Kier alpha value is -1.49. The van der Waals surface area contributed by atoms with E-state index in [0.717, 1.165) is 0 Å². The van der Waals surface area contributed by atoms with Gasteiger partial charge in [0.25, 0.3) is 0 Å². The van der Waals surface area contributed by atoms with E-state index in [1.54, 1.807) is 6.07 Å². The molecule has 0 aromatic carbocycles. The highest BCUT2D eigenvalue weighted by molar-refractivity contribution is 5.84. The number of carboxylic acid groups (broad SMARTS) is 1. The molecule has 5 nitrogen and oxygen atoms in total. The molecular weight excluding hydrogens is 210 g/mol. The van der Waals surface area contributed by atoms with Crippen molar-refractivity contribution in [2.75, 3.05) is 5.32 Å². The Morgan fingerprint density at radius 3 is 2.69 bits per heavy atom. The molecule has 0 bridgehead atoms. The van der Waals surface area contributed by atoms with E-state index >= 15 is 0 Å². The average Bonchev–Trinajstić information content (AvgIpc) is 2.66. The zero-order valence-corrected chi connectivity index (χ0v) is 9.23. The lowest BCUT2D eigenvalue weighted by Crippen LogP contribution is -2.56. The number of aliphatic hydroxyl groups is 1. The highest BCUT2D eigenvalue weighted by Crippen LogP contribution is 2.42. The van der Waals surface area contributed by atoms with Crippen LogP contribution < -0.4 is 5.32 Å².